The summed E-state index contributed by atoms with van der Waals surface area (Å²) < 4.78 is 1.84. The summed E-state index contributed by atoms with van der Waals surface area (Å²) in [6.45, 7) is 4.21. The second-order valence-corrected chi connectivity index (χ2v) is 6.66. The minimum absolute atomic E-state index is 0.461. The molecule has 0 aliphatic carbocycles. The van der Waals surface area contributed by atoms with Crippen molar-refractivity contribution in [3.63, 3.8) is 0 Å². The summed E-state index contributed by atoms with van der Waals surface area (Å²) in [5, 5.41) is 6.53. The SMILES string of the molecule is CCCCc1c(CCl)cnn1-c1ncc(C)c(-c2cccs2)n1. The van der Waals surface area contributed by atoms with Crippen molar-refractivity contribution in [3.8, 4) is 16.5 Å². The second-order valence-electron chi connectivity index (χ2n) is 5.44. The van der Waals surface area contributed by atoms with Gasteiger partial charge in [-0.25, -0.2) is 14.6 Å². The third kappa shape index (κ3) is 3.31. The summed E-state index contributed by atoms with van der Waals surface area (Å²) in [5.41, 5.74) is 4.20. The highest BCUT2D eigenvalue weighted by atomic mass is 35.5. The number of rotatable bonds is 6. The lowest BCUT2D eigenvalue weighted by molar-refractivity contribution is 0.703. The smallest absolute Gasteiger partial charge is 0.219 e. The molecule has 3 rings (SSSR count). The van der Waals surface area contributed by atoms with E-state index in [1.54, 1.807) is 11.3 Å². The average Bonchev–Trinajstić information content (AvgIpc) is 3.22. The summed E-state index contributed by atoms with van der Waals surface area (Å²) in [6, 6.07) is 4.11. The van der Waals surface area contributed by atoms with Crippen LogP contribution in [0.4, 0.5) is 0 Å². The summed E-state index contributed by atoms with van der Waals surface area (Å²) in [4.78, 5) is 10.4. The lowest BCUT2D eigenvalue weighted by Crippen LogP contribution is -2.09. The fourth-order valence-electron chi connectivity index (χ4n) is 2.50. The molecule has 0 bridgehead atoms. The normalized spacial score (nSPS) is 11.1. The number of alkyl halides is 1. The molecule has 0 spiro atoms. The second kappa shape index (κ2) is 7.23. The van der Waals surface area contributed by atoms with E-state index in [1.807, 2.05) is 30.1 Å². The molecule has 0 unspecified atom stereocenters. The van der Waals surface area contributed by atoms with Crippen LogP contribution < -0.4 is 0 Å². The highest BCUT2D eigenvalue weighted by molar-refractivity contribution is 7.13. The number of aromatic nitrogens is 4. The molecular weight excluding hydrogens is 328 g/mol. The first-order valence-electron chi connectivity index (χ1n) is 7.74. The molecule has 0 radical (unpaired) electrons. The van der Waals surface area contributed by atoms with Crippen LogP contribution in [0.1, 0.15) is 36.6 Å². The zero-order valence-electron chi connectivity index (χ0n) is 13.3. The van der Waals surface area contributed by atoms with Crippen LogP contribution in [0.3, 0.4) is 0 Å². The Bertz CT molecular complexity index is 780. The number of thiophene rings is 1. The molecule has 0 aliphatic rings. The molecule has 0 atom stereocenters. The number of unbranched alkanes of at least 4 members (excludes halogenated alkanes) is 1. The molecule has 0 saturated heterocycles. The van der Waals surface area contributed by atoms with E-state index < -0.39 is 0 Å². The van der Waals surface area contributed by atoms with Gasteiger partial charge in [0, 0.05) is 11.8 Å². The molecule has 23 heavy (non-hydrogen) atoms. The van der Waals surface area contributed by atoms with Gasteiger partial charge in [0.2, 0.25) is 0 Å². The van der Waals surface area contributed by atoms with E-state index in [4.69, 9.17) is 16.6 Å². The maximum atomic E-state index is 6.06. The summed E-state index contributed by atoms with van der Waals surface area (Å²) >= 11 is 7.74. The molecule has 3 heterocycles. The molecular formula is C17H19ClN4S. The average molecular weight is 347 g/mol. The van der Waals surface area contributed by atoms with Crippen molar-refractivity contribution in [2.45, 2.75) is 39.0 Å². The quantitative estimate of drug-likeness (QED) is 0.603. The predicted octanol–water partition coefficient (Wildman–Crippen LogP) is 4.78. The molecule has 0 fully saturated rings. The zero-order chi connectivity index (χ0) is 16.2. The van der Waals surface area contributed by atoms with Crippen molar-refractivity contribution in [2.75, 3.05) is 0 Å². The van der Waals surface area contributed by atoms with Gasteiger partial charge in [-0.3, -0.25) is 0 Å². The Morgan fingerprint density at radius 2 is 2.17 bits per heavy atom. The van der Waals surface area contributed by atoms with E-state index in [1.165, 1.54) is 0 Å². The summed E-state index contributed by atoms with van der Waals surface area (Å²) in [6.07, 6.45) is 6.85. The molecule has 0 amide bonds. The Hall–Kier alpha value is -1.72. The molecule has 120 valence electrons. The van der Waals surface area contributed by atoms with E-state index in [0.717, 1.165) is 46.7 Å². The van der Waals surface area contributed by atoms with Crippen molar-refractivity contribution in [2.24, 2.45) is 0 Å². The summed E-state index contributed by atoms with van der Waals surface area (Å²) in [7, 11) is 0. The van der Waals surface area contributed by atoms with Gasteiger partial charge >= 0.3 is 0 Å². The van der Waals surface area contributed by atoms with Gasteiger partial charge in [0.05, 0.1) is 28.3 Å². The maximum Gasteiger partial charge on any atom is 0.251 e. The van der Waals surface area contributed by atoms with Gasteiger partial charge in [-0.15, -0.1) is 22.9 Å². The van der Waals surface area contributed by atoms with Gasteiger partial charge in [-0.05, 0) is 36.8 Å². The van der Waals surface area contributed by atoms with Crippen LogP contribution in [0.2, 0.25) is 0 Å². The third-order valence-electron chi connectivity index (χ3n) is 3.77. The minimum atomic E-state index is 0.461. The van der Waals surface area contributed by atoms with Crippen LogP contribution in [-0.2, 0) is 12.3 Å². The highest BCUT2D eigenvalue weighted by Crippen LogP contribution is 2.26. The third-order valence-corrected chi connectivity index (χ3v) is 4.93. The number of aryl methyl sites for hydroxylation is 1. The van der Waals surface area contributed by atoms with E-state index >= 15 is 0 Å². The van der Waals surface area contributed by atoms with Crippen molar-refractivity contribution in [3.05, 3.63) is 46.7 Å². The van der Waals surface area contributed by atoms with Crippen LogP contribution in [0.25, 0.3) is 16.5 Å². The Morgan fingerprint density at radius 3 is 2.87 bits per heavy atom. The van der Waals surface area contributed by atoms with Crippen molar-refractivity contribution in [1.29, 1.82) is 0 Å². The largest absolute Gasteiger partial charge is 0.251 e. The lowest BCUT2D eigenvalue weighted by atomic mass is 10.1. The van der Waals surface area contributed by atoms with Crippen LogP contribution in [0, 0.1) is 6.92 Å². The van der Waals surface area contributed by atoms with Crippen molar-refractivity contribution in [1.82, 2.24) is 19.7 Å². The van der Waals surface area contributed by atoms with E-state index in [2.05, 4.69) is 28.5 Å². The molecule has 4 nitrogen and oxygen atoms in total. The van der Waals surface area contributed by atoms with Crippen LogP contribution in [0.5, 0.6) is 0 Å². The molecule has 3 aromatic heterocycles. The van der Waals surface area contributed by atoms with Gasteiger partial charge < -0.3 is 0 Å². The fraction of sp³-hybridized carbons (Fsp3) is 0.353. The maximum absolute atomic E-state index is 6.06. The monoisotopic (exact) mass is 346 g/mol. The Morgan fingerprint density at radius 1 is 1.30 bits per heavy atom. The lowest BCUT2D eigenvalue weighted by Gasteiger charge is -2.09. The van der Waals surface area contributed by atoms with Crippen LogP contribution in [-0.4, -0.2) is 19.7 Å². The topological polar surface area (TPSA) is 43.6 Å². The number of hydrogen-bond donors (Lipinski definition) is 0. The zero-order valence-corrected chi connectivity index (χ0v) is 14.9. The first-order chi connectivity index (χ1) is 11.2. The van der Waals surface area contributed by atoms with Crippen LogP contribution in [0.15, 0.2) is 29.9 Å². The molecule has 0 aromatic carbocycles. The molecule has 0 N–H and O–H groups in total. The minimum Gasteiger partial charge on any atom is -0.219 e. The number of halogens is 1. The standard InChI is InChI=1S/C17H19ClN4S/c1-3-4-6-14-13(9-18)11-20-22(14)17-19-10-12(2)16(21-17)15-7-5-8-23-15/h5,7-8,10-11H,3-4,6,9H2,1-2H3. The van der Waals surface area contributed by atoms with Crippen molar-refractivity contribution < 1.29 is 0 Å². The number of nitrogens with zero attached hydrogens (tertiary/aromatic N) is 4. The van der Waals surface area contributed by atoms with E-state index in [9.17, 15) is 0 Å². The van der Waals surface area contributed by atoms with E-state index in [0.29, 0.717) is 11.8 Å². The first-order valence-corrected chi connectivity index (χ1v) is 9.15. The molecule has 0 saturated carbocycles. The molecule has 6 heteroatoms. The number of hydrogen-bond acceptors (Lipinski definition) is 4. The molecule has 0 aliphatic heterocycles. The van der Waals surface area contributed by atoms with Gasteiger partial charge in [-0.2, -0.15) is 5.10 Å². The first kappa shape index (κ1) is 16.1. The van der Waals surface area contributed by atoms with E-state index in [-0.39, 0.29) is 0 Å². The Labute approximate surface area is 145 Å². The predicted molar refractivity (Wildman–Crippen MR) is 95.4 cm³/mol. The van der Waals surface area contributed by atoms with Gasteiger partial charge in [0.1, 0.15) is 0 Å². The van der Waals surface area contributed by atoms with Crippen molar-refractivity contribution >= 4 is 22.9 Å². The fourth-order valence-corrected chi connectivity index (χ4v) is 3.50. The summed E-state index contributed by atoms with van der Waals surface area (Å²) in [5.74, 6) is 1.07. The molecule has 3 aromatic rings. The van der Waals surface area contributed by atoms with Gasteiger partial charge in [0.25, 0.3) is 5.95 Å². The van der Waals surface area contributed by atoms with Crippen LogP contribution >= 0.6 is 22.9 Å². The highest BCUT2D eigenvalue weighted by Gasteiger charge is 2.15. The Balaban J connectivity index is 2.05. The van der Waals surface area contributed by atoms with Gasteiger partial charge in [0.15, 0.2) is 0 Å². The van der Waals surface area contributed by atoms with Gasteiger partial charge in [-0.1, -0.05) is 19.4 Å². The Kier molecular flexibility index (Phi) is 5.08.